The van der Waals surface area contributed by atoms with Crippen molar-refractivity contribution in [3.63, 3.8) is 0 Å². The average Bonchev–Trinajstić information content (AvgIpc) is 3.01. The van der Waals surface area contributed by atoms with Crippen LogP contribution in [0, 0.1) is 20.8 Å². The van der Waals surface area contributed by atoms with Crippen molar-refractivity contribution in [2.45, 2.75) is 25.7 Å². The quantitative estimate of drug-likeness (QED) is 0.408. The van der Waals surface area contributed by atoms with Crippen LogP contribution in [0.15, 0.2) is 52.6 Å². The molecule has 3 aromatic rings. The van der Waals surface area contributed by atoms with E-state index in [0.717, 1.165) is 16.5 Å². The highest BCUT2D eigenvalue weighted by Gasteiger charge is 2.07. The van der Waals surface area contributed by atoms with Gasteiger partial charge >= 0.3 is 0 Å². The second kappa shape index (κ2) is 7.57. The monoisotopic (exact) mass is 351 g/mol. The van der Waals surface area contributed by atoms with E-state index in [0.29, 0.717) is 5.75 Å². The van der Waals surface area contributed by atoms with Gasteiger partial charge in [0.2, 0.25) is 5.91 Å². The third kappa shape index (κ3) is 4.31. The van der Waals surface area contributed by atoms with Crippen molar-refractivity contribution in [2.24, 2.45) is 5.10 Å². The second-order valence-electron chi connectivity index (χ2n) is 6.13. The summed E-state index contributed by atoms with van der Waals surface area (Å²) >= 11 is 1.55. The molecule has 128 valence electrons. The SMILES string of the molecule is Cc1cc(C)c(SCC(=O)NN=Cc2ccc3cc[nH]c3c2)c(C)c1. The molecule has 25 heavy (non-hydrogen) atoms. The molecule has 0 aliphatic carbocycles. The number of H-pyrrole nitrogens is 1. The highest BCUT2D eigenvalue weighted by Crippen LogP contribution is 2.27. The van der Waals surface area contributed by atoms with Crippen molar-refractivity contribution in [3.8, 4) is 0 Å². The summed E-state index contributed by atoms with van der Waals surface area (Å²) in [7, 11) is 0. The molecule has 0 spiro atoms. The number of fused-ring (bicyclic) bond motifs is 1. The molecule has 1 aromatic heterocycles. The first-order valence-corrected chi connectivity index (χ1v) is 9.11. The maximum Gasteiger partial charge on any atom is 0.250 e. The highest BCUT2D eigenvalue weighted by atomic mass is 32.2. The summed E-state index contributed by atoms with van der Waals surface area (Å²) in [5.41, 5.74) is 8.24. The molecule has 4 nitrogen and oxygen atoms in total. The fourth-order valence-electron chi connectivity index (χ4n) is 2.89. The summed E-state index contributed by atoms with van der Waals surface area (Å²) < 4.78 is 0. The van der Waals surface area contributed by atoms with Gasteiger partial charge in [0, 0.05) is 16.6 Å². The maximum absolute atomic E-state index is 12.0. The molecule has 2 aromatic carbocycles. The summed E-state index contributed by atoms with van der Waals surface area (Å²) in [5, 5.41) is 5.21. The Kier molecular flexibility index (Phi) is 5.24. The van der Waals surface area contributed by atoms with Gasteiger partial charge in [0.1, 0.15) is 0 Å². The molecule has 0 saturated carbocycles. The number of benzene rings is 2. The summed E-state index contributed by atoms with van der Waals surface area (Å²) in [4.78, 5) is 16.3. The molecule has 1 amide bonds. The number of aromatic amines is 1. The molecule has 0 radical (unpaired) electrons. The Morgan fingerprint density at radius 1 is 1.16 bits per heavy atom. The third-order valence-electron chi connectivity index (χ3n) is 3.93. The van der Waals surface area contributed by atoms with E-state index in [-0.39, 0.29) is 5.91 Å². The number of nitrogens with zero attached hydrogens (tertiary/aromatic N) is 1. The number of thioether (sulfide) groups is 1. The summed E-state index contributed by atoms with van der Waals surface area (Å²) in [6.45, 7) is 6.24. The van der Waals surface area contributed by atoms with Gasteiger partial charge < -0.3 is 4.98 Å². The Morgan fingerprint density at radius 2 is 1.92 bits per heavy atom. The minimum atomic E-state index is -0.110. The van der Waals surface area contributed by atoms with Gasteiger partial charge in [0.05, 0.1) is 12.0 Å². The molecular formula is C20H21N3OS. The van der Waals surface area contributed by atoms with Crippen molar-refractivity contribution in [1.29, 1.82) is 0 Å². The lowest BCUT2D eigenvalue weighted by atomic mass is 10.1. The van der Waals surface area contributed by atoms with Gasteiger partial charge in [-0.25, -0.2) is 5.43 Å². The number of amides is 1. The minimum Gasteiger partial charge on any atom is -0.361 e. The number of carbonyl (C=O) groups is 1. The van der Waals surface area contributed by atoms with Gasteiger partial charge in [-0.3, -0.25) is 4.79 Å². The molecule has 0 bridgehead atoms. The normalized spacial score (nSPS) is 11.3. The number of rotatable bonds is 5. The van der Waals surface area contributed by atoms with E-state index in [1.165, 1.54) is 21.6 Å². The zero-order chi connectivity index (χ0) is 17.8. The minimum absolute atomic E-state index is 0.110. The van der Waals surface area contributed by atoms with Gasteiger partial charge in [0.25, 0.3) is 0 Å². The Labute approximate surface area is 151 Å². The van der Waals surface area contributed by atoms with E-state index >= 15 is 0 Å². The van der Waals surface area contributed by atoms with Crippen molar-refractivity contribution in [3.05, 3.63) is 64.8 Å². The maximum atomic E-state index is 12.0. The molecule has 0 aliphatic rings. The number of nitrogens with one attached hydrogen (secondary N) is 2. The zero-order valence-electron chi connectivity index (χ0n) is 14.6. The molecule has 0 aliphatic heterocycles. The number of carbonyl (C=O) groups excluding carboxylic acids is 1. The van der Waals surface area contributed by atoms with Crippen LogP contribution in [0.3, 0.4) is 0 Å². The first kappa shape index (κ1) is 17.3. The van der Waals surface area contributed by atoms with Crippen molar-refractivity contribution < 1.29 is 4.79 Å². The zero-order valence-corrected chi connectivity index (χ0v) is 15.4. The molecule has 5 heteroatoms. The van der Waals surface area contributed by atoms with Gasteiger partial charge in [-0.2, -0.15) is 5.10 Å². The van der Waals surface area contributed by atoms with Crippen LogP contribution in [-0.2, 0) is 4.79 Å². The van der Waals surface area contributed by atoms with E-state index in [9.17, 15) is 4.79 Å². The molecule has 0 fully saturated rings. The Balaban J connectivity index is 1.56. The van der Waals surface area contributed by atoms with E-state index in [1.54, 1.807) is 18.0 Å². The van der Waals surface area contributed by atoms with Crippen LogP contribution in [0.2, 0.25) is 0 Å². The average molecular weight is 351 g/mol. The largest absolute Gasteiger partial charge is 0.361 e. The smallest absolute Gasteiger partial charge is 0.250 e. The van der Waals surface area contributed by atoms with Gasteiger partial charge in [0.15, 0.2) is 0 Å². The van der Waals surface area contributed by atoms with Crippen LogP contribution in [0.1, 0.15) is 22.3 Å². The fraction of sp³-hybridized carbons (Fsp3) is 0.200. The number of aromatic nitrogens is 1. The molecule has 3 rings (SSSR count). The topological polar surface area (TPSA) is 57.2 Å². The van der Waals surface area contributed by atoms with Crippen LogP contribution >= 0.6 is 11.8 Å². The first-order valence-electron chi connectivity index (χ1n) is 8.12. The van der Waals surface area contributed by atoms with Crippen LogP contribution in [0.25, 0.3) is 10.9 Å². The molecule has 2 N–H and O–H groups in total. The van der Waals surface area contributed by atoms with Crippen LogP contribution < -0.4 is 5.43 Å². The van der Waals surface area contributed by atoms with E-state index in [1.807, 2.05) is 30.5 Å². The van der Waals surface area contributed by atoms with Crippen molar-refractivity contribution >= 4 is 34.8 Å². The number of hydrazone groups is 1. The Morgan fingerprint density at radius 3 is 2.68 bits per heavy atom. The van der Waals surface area contributed by atoms with Gasteiger partial charge in [-0.05, 0) is 55.0 Å². The number of hydrogen-bond acceptors (Lipinski definition) is 3. The molecule has 0 saturated heterocycles. The van der Waals surface area contributed by atoms with Crippen molar-refractivity contribution in [2.75, 3.05) is 5.75 Å². The first-order chi connectivity index (χ1) is 12.0. The molecule has 0 unspecified atom stereocenters. The number of aryl methyl sites for hydroxylation is 3. The van der Waals surface area contributed by atoms with E-state index in [4.69, 9.17) is 0 Å². The van der Waals surface area contributed by atoms with Crippen LogP contribution in [0.5, 0.6) is 0 Å². The summed E-state index contributed by atoms with van der Waals surface area (Å²) in [6, 6.07) is 12.3. The predicted octanol–water partition coefficient (Wildman–Crippen LogP) is 4.34. The van der Waals surface area contributed by atoms with Crippen LogP contribution in [-0.4, -0.2) is 22.9 Å². The summed E-state index contributed by atoms with van der Waals surface area (Å²) in [5.74, 6) is 0.235. The lowest BCUT2D eigenvalue weighted by molar-refractivity contribution is -0.118. The summed E-state index contributed by atoms with van der Waals surface area (Å²) in [6.07, 6.45) is 3.56. The number of hydrogen-bond donors (Lipinski definition) is 2. The standard InChI is InChI=1S/C20H21N3OS/c1-13-8-14(2)20(15(3)9-13)25-12-19(24)23-22-11-16-4-5-17-6-7-21-18(17)10-16/h4-11,21H,12H2,1-3H3,(H,23,24). The molecule has 0 atom stereocenters. The van der Waals surface area contributed by atoms with E-state index < -0.39 is 0 Å². The van der Waals surface area contributed by atoms with Crippen molar-refractivity contribution in [1.82, 2.24) is 10.4 Å². The third-order valence-corrected chi connectivity index (χ3v) is 5.27. The second-order valence-corrected chi connectivity index (χ2v) is 7.12. The molecule has 1 heterocycles. The van der Waals surface area contributed by atoms with Crippen LogP contribution in [0.4, 0.5) is 0 Å². The fourth-order valence-corrected chi connectivity index (χ4v) is 3.80. The van der Waals surface area contributed by atoms with E-state index in [2.05, 4.69) is 48.4 Å². The van der Waals surface area contributed by atoms with Gasteiger partial charge in [-0.15, -0.1) is 11.8 Å². The highest BCUT2D eigenvalue weighted by molar-refractivity contribution is 8.00. The molecular weight excluding hydrogens is 330 g/mol. The lowest BCUT2D eigenvalue weighted by Gasteiger charge is -2.10. The Bertz CT molecular complexity index is 920. The van der Waals surface area contributed by atoms with Gasteiger partial charge in [-0.1, -0.05) is 29.8 Å². The predicted molar refractivity (Wildman–Crippen MR) is 105 cm³/mol. The lowest BCUT2D eigenvalue weighted by Crippen LogP contribution is -2.19. The Hall–Kier alpha value is -2.53.